The second-order valence-corrected chi connectivity index (χ2v) is 13.8. The van der Waals surface area contributed by atoms with E-state index < -0.39 is 0 Å². The number of fused-ring (bicyclic) bond motifs is 5. The molecule has 2 heterocycles. The van der Waals surface area contributed by atoms with Crippen molar-refractivity contribution in [3.63, 3.8) is 0 Å². The molecule has 8 aromatic carbocycles. The van der Waals surface area contributed by atoms with E-state index in [0.29, 0.717) is 17.5 Å². The maximum Gasteiger partial charge on any atom is 0.165 e. The first-order chi connectivity index (χ1) is 25.3. The molecule has 0 saturated carbocycles. The first-order valence-corrected chi connectivity index (χ1v) is 17.9. The van der Waals surface area contributed by atoms with Crippen LogP contribution >= 0.6 is 11.3 Å². The monoisotopic (exact) mass is 667 g/mol. The minimum absolute atomic E-state index is 0.644. The van der Waals surface area contributed by atoms with Crippen molar-refractivity contribution in [1.82, 2.24) is 15.0 Å². The number of hydrogen-bond donors (Lipinski definition) is 0. The summed E-state index contributed by atoms with van der Waals surface area (Å²) in [6.07, 6.45) is 0. The first kappa shape index (κ1) is 29.4. The van der Waals surface area contributed by atoms with E-state index in [4.69, 9.17) is 15.0 Å². The summed E-state index contributed by atoms with van der Waals surface area (Å²) in [4.78, 5) is 15.8. The molecule has 0 radical (unpaired) electrons. The summed E-state index contributed by atoms with van der Waals surface area (Å²) in [7, 11) is 0. The van der Waals surface area contributed by atoms with E-state index in [1.54, 1.807) is 0 Å². The predicted molar refractivity (Wildman–Crippen MR) is 215 cm³/mol. The third-order valence-electron chi connectivity index (χ3n) is 9.76. The highest BCUT2D eigenvalue weighted by molar-refractivity contribution is 7.26. The number of nitrogens with zero attached hydrogens (tertiary/aromatic N) is 3. The molecule has 0 N–H and O–H groups in total. The number of benzene rings is 8. The normalized spacial score (nSPS) is 11.5. The Bertz CT molecular complexity index is 2910. The van der Waals surface area contributed by atoms with Gasteiger partial charge in [0, 0.05) is 42.4 Å². The van der Waals surface area contributed by atoms with Crippen LogP contribution in [0.3, 0.4) is 0 Å². The van der Waals surface area contributed by atoms with E-state index in [0.717, 1.165) is 44.0 Å². The SMILES string of the molecule is c1ccc(-c2nc(-c3c(-c4ccccc4)ccc4ccccc34)nc(-c3ccc(-c4cccc5c4sc4ccccc45)c4ccccc34)n2)cc1. The molecule has 238 valence electrons. The van der Waals surface area contributed by atoms with Crippen LogP contribution in [-0.2, 0) is 0 Å². The molecule has 3 nitrogen and oxygen atoms in total. The van der Waals surface area contributed by atoms with E-state index in [9.17, 15) is 0 Å². The third kappa shape index (κ3) is 5.00. The smallest absolute Gasteiger partial charge is 0.165 e. The minimum Gasteiger partial charge on any atom is -0.208 e. The van der Waals surface area contributed by atoms with Gasteiger partial charge in [-0.05, 0) is 50.4 Å². The topological polar surface area (TPSA) is 38.7 Å². The molecule has 0 aliphatic heterocycles. The summed E-state index contributed by atoms with van der Waals surface area (Å²) < 4.78 is 2.60. The van der Waals surface area contributed by atoms with Crippen LogP contribution in [0.1, 0.15) is 0 Å². The molecule has 0 bridgehead atoms. The summed E-state index contributed by atoms with van der Waals surface area (Å²) in [6.45, 7) is 0. The van der Waals surface area contributed by atoms with Gasteiger partial charge in [0.05, 0.1) is 0 Å². The number of hydrogen-bond acceptors (Lipinski definition) is 4. The fourth-order valence-corrected chi connectivity index (χ4v) is 8.61. The zero-order valence-electron chi connectivity index (χ0n) is 27.5. The highest BCUT2D eigenvalue weighted by Gasteiger charge is 2.20. The molecule has 0 unspecified atom stereocenters. The van der Waals surface area contributed by atoms with Crippen molar-refractivity contribution in [2.45, 2.75) is 0 Å². The van der Waals surface area contributed by atoms with Crippen LogP contribution in [0.2, 0.25) is 0 Å². The van der Waals surface area contributed by atoms with Crippen molar-refractivity contribution < 1.29 is 0 Å². The highest BCUT2D eigenvalue weighted by atomic mass is 32.1. The molecule has 0 fully saturated rings. The zero-order valence-corrected chi connectivity index (χ0v) is 28.3. The number of aromatic nitrogens is 3. The minimum atomic E-state index is 0.644. The Labute approximate surface area is 299 Å². The fraction of sp³-hybridized carbons (Fsp3) is 0. The molecule has 10 rings (SSSR count). The van der Waals surface area contributed by atoms with E-state index in [2.05, 4.69) is 158 Å². The average molecular weight is 668 g/mol. The van der Waals surface area contributed by atoms with Crippen molar-refractivity contribution in [1.29, 1.82) is 0 Å². The first-order valence-electron chi connectivity index (χ1n) is 17.1. The lowest BCUT2D eigenvalue weighted by molar-refractivity contribution is 1.08. The van der Waals surface area contributed by atoms with Crippen LogP contribution in [0.4, 0.5) is 0 Å². The molecule has 0 saturated heterocycles. The van der Waals surface area contributed by atoms with Gasteiger partial charge in [-0.15, -0.1) is 11.3 Å². The van der Waals surface area contributed by atoms with Gasteiger partial charge in [-0.1, -0.05) is 164 Å². The average Bonchev–Trinajstić information content (AvgIpc) is 3.60. The summed E-state index contributed by atoms with van der Waals surface area (Å²) >= 11 is 1.86. The Morgan fingerprint density at radius 2 is 0.882 bits per heavy atom. The van der Waals surface area contributed by atoms with Gasteiger partial charge >= 0.3 is 0 Å². The van der Waals surface area contributed by atoms with Gasteiger partial charge in [0.15, 0.2) is 17.5 Å². The highest BCUT2D eigenvalue weighted by Crippen LogP contribution is 2.44. The molecule has 0 spiro atoms. The maximum atomic E-state index is 5.35. The lowest BCUT2D eigenvalue weighted by atomic mass is 9.93. The van der Waals surface area contributed by atoms with Crippen molar-refractivity contribution in [2.24, 2.45) is 0 Å². The lowest BCUT2D eigenvalue weighted by Gasteiger charge is -2.16. The second kappa shape index (κ2) is 12.1. The maximum absolute atomic E-state index is 5.35. The third-order valence-corrected chi connectivity index (χ3v) is 11.0. The number of rotatable bonds is 5. The van der Waals surface area contributed by atoms with E-state index in [1.165, 1.54) is 36.7 Å². The van der Waals surface area contributed by atoms with Crippen LogP contribution in [0, 0.1) is 0 Å². The Hall–Kier alpha value is -6.49. The largest absolute Gasteiger partial charge is 0.208 e. The molecule has 4 heteroatoms. The summed E-state index contributed by atoms with van der Waals surface area (Å²) in [6, 6.07) is 62.0. The zero-order chi connectivity index (χ0) is 33.7. The van der Waals surface area contributed by atoms with Crippen molar-refractivity contribution in [3.8, 4) is 56.4 Å². The Morgan fingerprint density at radius 3 is 1.69 bits per heavy atom. The fourth-order valence-electron chi connectivity index (χ4n) is 7.38. The molecule has 0 aliphatic carbocycles. The Balaban J connectivity index is 1.24. The Kier molecular flexibility index (Phi) is 7.00. The van der Waals surface area contributed by atoms with Crippen LogP contribution in [0.15, 0.2) is 176 Å². The number of thiophene rings is 1. The molecular weight excluding hydrogens is 639 g/mol. The predicted octanol–water partition coefficient (Wildman–Crippen LogP) is 12.9. The van der Waals surface area contributed by atoms with Crippen LogP contribution in [0.25, 0.3) is 98.1 Å². The van der Waals surface area contributed by atoms with Crippen molar-refractivity contribution >= 4 is 53.1 Å². The molecule has 0 aliphatic rings. The Morgan fingerprint density at radius 1 is 0.314 bits per heavy atom. The second-order valence-electron chi connectivity index (χ2n) is 12.7. The summed E-state index contributed by atoms with van der Waals surface area (Å²) in [5, 5.41) is 7.10. The van der Waals surface area contributed by atoms with Crippen LogP contribution < -0.4 is 0 Å². The van der Waals surface area contributed by atoms with Crippen molar-refractivity contribution in [3.05, 3.63) is 176 Å². The van der Waals surface area contributed by atoms with Crippen LogP contribution in [-0.4, -0.2) is 15.0 Å². The summed E-state index contributed by atoms with van der Waals surface area (Å²) in [5.74, 6) is 1.94. The van der Waals surface area contributed by atoms with E-state index >= 15 is 0 Å². The van der Waals surface area contributed by atoms with Gasteiger partial charge < -0.3 is 0 Å². The molecular formula is C47H29N3S. The quantitative estimate of drug-likeness (QED) is 0.183. The van der Waals surface area contributed by atoms with Crippen LogP contribution in [0.5, 0.6) is 0 Å². The molecule has 0 atom stereocenters. The molecule has 51 heavy (non-hydrogen) atoms. The van der Waals surface area contributed by atoms with Gasteiger partial charge in [-0.2, -0.15) is 0 Å². The molecule has 0 amide bonds. The van der Waals surface area contributed by atoms with Gasteiger partial charge in [-0.3, -0.25) is 0 Å². The van der Waals surface area contributed by atoms with E-state index in [1.807, 2.05) is 29.5 Å². The van der Waals surface area contributed by atoms with Gasteiger partial charge in [0.25, 0.3) is 0 Å². The molecule has 2 aromatic heterocycles. The van der Waals surface area contributed by atoms with E-state index in [-0.39, 0.29) is 0 Å². The lowest BCUT2D eigenvalue weighted by Crippen LogP contribution is -2.02. The van der Waals surface area contributed by atoms with Gasteiger partial charge in [-0.25, -0.2) is 15.0 Å². The molecule has 10 aromatic rings. The van der Waals surface area contributed by atoms with Crippen molar-refractivity contribution in [2.75, 3.05) is 0 Å². The standard InChI is InChI=1S/C47H29N3S/c1-3-14-30(15-4-1)34-27-26-31-16-7-8-19-33(31)43(34)47-49-45(32-17-5-2-6-18-32)48-46(50-47)41-29-28-37(35-20-9-10-21-36(35)41)39-23-13-24-40-38-22-11-12-25-42(38)51-44(39)40/h1-29H. The summed E-state index contributed by atoms with van der Waals surface area (Å²) in [5.41, 5.74) is 7.55. The van der Waals surface area contributed by atoms with Gasteiger partial charge in [0.2, 0.25) is 0 Å². The van der Waals surface area contributed by atoms with Gasteiger partial charge in [0.1, 0.15) is 0 Å².